The molecule has 0 unspecified atom stereocenters. The predicted molar refractivity (Wildman–Crippen MR) is 90.8 cm³/mol. The molecular weight excluding hydrogens is 333 g/mol. The van der Waals surface area contributed by atoms with E-state index in [1.165, 1.54) is 19.2 Å². The van der Waals surface area contributed by atoms with Gasteiger partial charge in [-0.3, -0.25) is 9.48 Å². The van der Waals surface area contributed by atoms with Crippen LogP contribution < -0.4 is 5.32 Å². The number of nitrogens with one attached hydrogen (secondary N) is 1. The molecule has 0 spiro atoms. The molecule has 0 aliphatic heterocycles. The van der Waals surface area contributed by atoms with Gasteiger partial charge in [-0.15, -0.1) is 0 Å². The minimum atomic E-state index is -0.293. The lowest BCUT2D eigenvalue weighted by Crippen LogP contribution is -2.16. The third-order valence-corrected chi connectivity index (χ3v) is 3.77. The molecule has 7 heteroatoms. The second kappa shape index (κ2) is 6.98. The number of amides is 1. The molecule has 24 heavy (non-hydrogen) atoms. The van der Waals surface area contributed by atoms with Crippen LogP contribution in [0.15, 0.2) is 42.5 Å². The number of carbonyl (C=O) groups excluding carboxylic acids is 1. The van der Waals surface area contributed by atoms with Gasteiger partial charge in [-0.05, 0) is 35.9 Å². The van der Waals surface area contributed by atoms with Crippen LogP contribution in [0.4, 0.5) is 10.1 Å². The summed E-state index contributed by atoms with van der Waals surface area (Å²) in [5.74, 6) is -0.543. The van der Waals surface area contributed by atoms with Gasteiger partial charge >= 0.3 is 0 Å². The minimum Gasteiger partial charge on any atom is -0.375 e. The van der Waals surface area contributed by atoms with Gasteiger partial charge < -0.3 is 10.1 Å². The first-order valence-corrected chi connectivity index (χ1v) is 7.64. The van der Waals surface area contributed by atoms with Crippen LogP contribution in [0.25, 0.3) is 10.9 Å². The predicted octanol–water partition coefficient (Wildman–Crippen LogP) is 3.46. The molecule has 0 saturated carbocycles. The highest BCUT2D eigenvalue weighted by Crippen LogP contribution is 2.26. The van der Waals surface area contributed by atoms with Crippen molar-refractivity contribution in [2.24, 2.45) is 0 Å². The average Bonchev–Trinajstić information content (AvgIpc) is 2.83. The van der Waals surface area contributed by atoms with E-state index in [2.05, 4.69) is 10.4 Å². The van der Waals surface area contributed by atoms with Crippen molar-refractivity contribution in [1.29, 1.82) is 0 Å². The Labute approximate surface area is 143 Å². The van der Waals surface area contributed by atoms with E-state index >= 15 is 0 Å². The van der Waals surface area contributed by atoms with Crippen molar-refractivity contribution >= 4 is 34.1 Å². The summed E-state index contributed by atoms with van der Waals surface area (Å²) in [6.45, 7) is 0.376. The number of aromatic nitrogens is 2. The van der Waals surface area contributed by atoms with Gasteiger partial charge in [0.1, 0.15) is 12.4 Å². The van der Waals surface area contributed by atoms with Crippen LogP contribution in [0.1, 0.15) is 5.56 Å². The van der Waals surface area contributed by atoms with Crippen LogP contribution in [-0.2, 0) is 16.1 Å². The second-order valence-corrected chi connectivity index (χ2v) is 5.65. The highest BCUT2D eigenvalue weighted by atomic mass is 35.5. The summed E-state index contributed by atoms with van der Waals surface area (Å²) < 4.78 is 19.8. The first kappa shape index (κ1) is 16.4. The number of methoxy groups -OCH3 is 1. The van der Waals surface area contributed by atoms with Crippen molar-refractivity contribution in [3.05, 3.63) is 59.0 Å². The Morgan fingerprint density at radius 1 is 1.33 bits per heavy atom. The van der Waals surface area contributed by atoms with Crippen LogP contribution >= 0.6 is 11.6 Å². The van der Waals surface area contributed by atoms with E-state index in [4.69, 9.17) is 16.3 Å². The van der Waals surface area contributed by atoms with Crippen molar-refractivity contribution in [1.82, 2.24) is 9.78 Å². The summed E-state index contributed by atoms with van der Waals surface area (Å²) in [6, 6.07) is 11.7. The Bertz CT molecular complexity index is 895. The van der Waals surface area contributed by atoms with Crippen molar-refractivity contribution in [3.63, 3.8) is 0 Å². The minimum absolute atomic E-state index is 0.0232. The molecule has 5 nitrogen and oxygen atoms in total. The van der Waals surface area contributed by atoms with Crippen LogP contribution in [0.3, 0.4) is 0 Å². The fourth-order valence-electron chi connectivity index (χ4n) is 2.47. The van der Waals surface area contributed by atoms with Crippen molar-refractivity contribution in [2.75, 3.05) is 19.0 Å². The smallest absolute Gasteiger partial charge is 0.250 e. The third kappa shape index (κ3) is 3.55. The molecule has 1 N–H and O–H groups in total. The van der Waals surface area contributed by atoms with Crippen LogP contribution in [0.2, 0.25) is 5.15 Å². The number of carbonyl (C=O) groups is 1. The Hall–Kier alpha value is -2.44. The van der Waals surface area contributed by atoms with E-state index in [0.717, 1.165) is 11.1 Å². The maximum atomic E-state index is 13.3. The molecule has 0 aliphatic rings. The van der Waals surface area contributed by atoms with Gasteiger partial charge in [0.15, 0.2) is 5.15 Å². The summed E-state index contributed by atoms with van der Waals surface area (Å²) >= 11 is 6.20. The molecule has 2 aromatic carbocycles. The fraction of sp³-hybridized carbons (Fsp3) is 0.176. The highest BCUT2D eigenvalue weighted by molar-refractivity contribution is 6.34. The Balaban J connectivity index is 1.90. The number of hydrogen-bond acceptors (Lipinski definition) is 3. The zero-order valence-electron chi connectivity index (χ0n) is 12.9. The van der Waals surface area contributed by atoms with Crippen molar-refractivity contribution < 1.29 is 13.9 Å². The van der Waals surface area contributed by atoms with Gasteiger partial charge in [0.05, 0.1) is 12.1 Å². The third-order valence-electron chi connectivity index (χ3n) is 3.49. The quantitative estimate of drug-likeness (QED) is 0.769. The summed E-state index contributed by atoms with van der Waals surface area (Å²) in [4.78, 5) is 11.6. The second-order valence-electron chi connectivity index (χ2n) is 5.29. The number of fused-ring (bicyclic) bond motifs is 1. The summed E-state index contributed by atoms with van der Waals surface area (Å²) in [5.41, 5.74) is 2.19. The van der Waals surface area contributed by atoms with E-state index in [-0.39, 0.29) is 18.3 Å². The Morgan fingerprint density at radius 3 is 2.92 bits per heavy atom. The molecule has 1 aromatic heterocycles. The van der Waals surface area contributed by atoms with Gasteiger partial charge in [-0.25, -0.2) is 4.39 Å². The van der Waals surface area contributed by atoms with Gasteiger partial charge in [-0.2, -0.15) is 5.10 Å². The van der Waals surface area contributed by atoms with E-state index < -0.39 is 0 Å². The molecule has 0 fully saturated rings. The molecule has 0 radical (unpaired) electrons. The molecular formula is C17H15ClFN3O2. The van der Waals surface area contributed by atoms with Crippen molar-refractivity contribution in [3.8, 4) is 0 Å². The van der Waals surface area contributed by atoms with Crippen molar-refractivity contribution in [2.45, 2.75) is 6.54 Å². The molecule has 124 valence electrons. The number of halogens is 2. The lowest BCUT2D eigenvalue weighted by Gasteiger charge is -2.06. The molecule has 0 aliphatic carbocycles. The number of hydrogen-bond donors (Lipinski definition) is 1. The largest absolute Gasteiger partial charge is 0.375 e. The summed E-state index contributed by atoms with van der Waals surface area (Å²) in [7, 11) is 1.45. The molecule has 0 bridgehead atoms. The molecule has 0 atom stereocenters. The number of ether oxygens (including phenoxy) is 1. The fourth-order valence-corrected chi connectivity index (χ4v) is 2.72. The van der Waals surface area contributed by atoms with E-state index in [9.17, 15) is 9.18 Å². The molecule has 1 amide bonds. The number of nitrogens with zero attached hydrogens (tertiary/aromatic N) is 2. The van der Waals surface area contributed by atoms with Crippen LogP contribution in [0, 0.1) is 5.82 Å². The lowest BCUT2D eigenvalue weighted by molar-refractivity contribution is -0.119. The zero-order valence-corrected chi connectivity index (χ0v) is 13.7. The first-order chi connectivity index (χ1) is 11.6. The topological polar surface area (TPSA) is 56.1 Å². The van der Waals surface area contributed by atoms with E-state index in [1.54, 1.807) is 22.9 Å². The van der Waals surface area contributed by atoms with Gasteiger partial charge in [0, 0.05) is 18.2 Å². The van der Waals surface area contributed by atoms with Gasteiger partial charge in [0.25, 0.3) is 0 Å². The Kier molecular flexibility index (Phi) is 4.78. The molecule has 3 rings (SSSR count). The van der Waals surface area contributed by atoms with E-state index in [1.807, 2.05) is 12.1 Å². The molecule has 3 aromatic rings. The average molecular weight is 348 g/mol. The molecule has 1 heterocycles. The summed E-state index contributed by atoms with van der Waals surface area (Å²) in [6.07, 6.45) is 0. The maximum absolute atomic E-state index is 13.3. The SMILES string of the molecule is COCC(=O)Nc1ccc2c(c1)c(Cl)nn2Cc1cccc(F)c1. The highest BCUT2D eigenvalue weighted by Gasteiger charge is 2.11. The summed E-state index contributed by atoms with van der Waals surface area (Å²) in [5, 5.41) is 8.05. The monoisotopic (exact) mass is 347 g/mol. The first-order valence-electron chi connectivity index (χ1n) is 7.26. The van der Waals surface area contributed by atoms with Gasteiger partial charge in [0.2, 0.25) is 5.91 Å². The number of rotatable bonds is 5. The Morgan fingerprint density at radius 2 is 2.17 bits per heavy atom. The maximum Gasteiger partial charge on any atom is 0.250 e. The van der Waals surface area contributed by atoms with Crippen LogP contribution in [-0.4, -0.2) is 29.4 Å². The van der Waals surface area contributed by atoms with E-state index in [0.29, 0.717) is 22.8 Å². The standard InChI is InChI=1S/C17H15ClFN3O2/c1-24-10-16(23)20-13-5-6-15-14(8-13)17(18)21-22(15)9-11-3-2-4-12(19)7-11/h2-8H,9-10H2,1H3,(H,20,23). The lowest BCUT2D eigenvalue weighted by atomic mass is 10.2. The number of benzene rings is 2. The molecule has 0 saturated heterocycles. The normalized spacial score (nSPS) is 11.0. The van der Waals surface area contributed by atoms with Crippen LogP contribution in [0.5, 0.6) is 0 Å². The van der Waals surface area contributed by atoms with Gasteiger partial charge in [-0.1, -0.05) is 23.7 Å². The number of anilines is 1. The zero-order chi connectivity index (χ0) is 17.1.